The highest BCUT2D eigenvalue weighted by atomic mass is 16.5. The monoisotopic (exact) mass is 322 g/mol. The minimum Gasteiger partial charge on any atom is -0.488 e. The van der Waals surface area contributed by atoms with E-state index in [1.807, 2.05) is 6.07 Å². The highest BCUT2D eigenvalue weighted by molar-refractivity contribution is 6.24. The van der Waals surface area contributed by atoms with Gasteiger partial charge in [-0.05, 0) is 51.7 Å². The zero-order valence-electron chi connectivity index (χ0n) is 14.1. The molecule has 1 nitrogen and oxygen atoms in total. The van der Waals surface area contributed by atoms with Gasteiger partial charge in [-0.25, -0.2) is 0 Å². The van der Waals surface area contributed by atoms with Gasteiger partial charge in [0.15, 0.2) is 0 Å². The molecule has 0 aliphatic carbocycles. The van der Waals surface area contributed by atoms with Crippen LogP contribution in [0.2, 0.25) is 0 Å². The minimum absolute atomic E-state index is 0.589. The van der Waals surface area contributed by atoms with E-state index in [0.717, 1.165) is 5.75 Å². The Morgan fingerprint density at radius 3 is 2.20 bits per heavy atom. The van der Waals surface area contributed by atoms with E-state index >= 15 is 0 Å². The average molecular weight is 322 g/mol. The molecule has 0 atom stereocenters. The fraction of sp³-hybridized carbons (Fsp3) is 0.0833. The molecule has 5 aromatic carbocycles. The van der Waals surface area contributed by atoms with Crippen molar-refractivity contribution in [3.8, 4) is 5.75 Å². The molecule has 0 bridgehead atoms. The molecular weight excluding hydrogens is 304 g/mol. The van der Waals surface area contributed by atoms with Gasteiger partial charge in [-0.3, -0.25) is 0 Å². The molecule has 0 aromatic heterocycles. The highest BCUT2D eigenvalue weighted by Gasteiger charge is 2.14. The summed E-state index contributed by atoms with van der Waals surface area (Å²) in [6, 6.07) is 27.9. The van der Waals surface area contributed by atoms with Crippen molar-refractivity contribution in [2.45, 2.75) is 13.5 Å². The lowest BCUT2D eigenvalue weighted by atomic mass is 9.92. The molecule has 0 saturated heterocycles. The summed E-state index contributed by atoms with van der Waals surface area (Å²) in [5.74, 6) is 0.995. The summed E-state index contributed by atoms with van der Waals surface area (Å²) in [6.45, 7) is 2.72. The second kappa shape index (κ2) is 5.49. The summed E-state index contributed by atoms with van der Waals surface area (Å²) >= 11 is 0. The summed E-state index contributed by atoms with van der Waals surface area (Å²) in [6.07, 6.45) is 0. The molecule has 5 aromatic rings. The van der Waals surface area contributed by atoms with E-state index in [4.69, 9.17) is 4.74 Å². The van der Waals surface area contributed by atoms with E-state index < -0.39 is 0 Å². The predicted molar refractivity (Wildman–Crippen MR) is 106 cm³/mol. The largest absolute Gasteiger partial charge is 0.488 e. The van der Waals surface area contributed by atoms with Crippen molar-refractivity contribution < 1.29 is 4.74 Å². The third-order valence-corrected chi connectivity index (χ3v) is 5.01. The maximum atomic E-state index is 6.28. The molecule has 0 aliphatic heterocycles. The van der Waals surface area contributed by atoms with Gasteiger partial charge in [-0.15, -0.1) is 0 Å². The Morgan fingerprint density at radius 2 is 1.40 bits per heavy atom. The van der Waals surface area contributed by atoms with Crippen molar-refractivity contribution >= 4 is 32.3 Å². The molecule has 0 spiro atoms. The van der Waals surface area contributed by atoms with Crippen LogP contribution in [0.1, 0.15) is 11.1 Å². The molecule has 0 unspecified atom stereocenters. The first kappa shape index (κ1) is 14.3. The smallest absolute Gasteiger partial charge is 0.130 e. The second-order valence-corrected chi connectivity index (χ2v) is 6.65. The molecule has 0 N–H and O–H groups in total. The zero-order chi connectivity index (χ0) is 16.8. The lowest BCUT2D eigenvalue weighted by molar-refractivity contribution is 0.308. The SMILES string of the molecule is Cc1cc2ccc3cccc4ccc(c1OCc1ccccc1)c2c34. The standard InChI is InChI=1S/C24H18O/c1-16-14-20-11-10-18-8-5-9-19-12-13-21(23(20)22(18)19)24(16)25-15-17-6-3-2-4-7-17/h2-14H,15H2,1H3. The molecular formula is C24H18O. The van der Waals surface area contributed by atoms with Gasteiger partial charge in [-0.2, -0.15) is 0 Å². The van der Waals surface area contributed by atoms with Crippen molar-refractivity contribution in [1.29, 1.82) is 0 Å². The van der Waals surface area contributed by atoms with Crippen molar-refractivity contribution in [2.24, 2.45) is 0 Å². The van der Waals surface area contributed by atoms with Crippen LogP contribution in [-0.4, -0.2) is 0 Å². The van der Waals surface area contributed by atoms with E-state index in [1.165, 1.54) is 43.4 Å². The summed E-state index contributed by atoms with van der Waals surface area (Å²) < 4.78 is 6.28. The topological polar surface area (TPSA) is 9.23 Å². The van der Waals surface area contributed by atoms with Crippen LogP contribution < -0.4 is 4.74 Å². The van der Waals surface area contributed by atoms with E-state index in [2.05, 4.69) is 79.7 Å². The third-order valence-electron chi connectivity index (χ3n) is 5.01. The van der Waals surface area contributed by atoms with Gasteiger partial charge in [0.2, 0.25) is 0 Å². The quantitative estimate of drug-likeness (QED) is 0.346. The molecule has 25 heavy (non-hydrogen) atoms. The maximum Gasteiger partial charge on any atom is 0.130 e. The van der Waals surface area contributed by atoms with Crippen LogP contribution in [0.3, 0.4) is 0 Å². The Labute approximate surface area is 146 Å². The van der Waals surface area contributed by atoms with Gasteiger partial charge < -0.3 is 4.74 Å². The average Bonchev–Trinajstić information content (AvgIpc) is 2.66. The minimum atomic E-state index is 0.589. The van der Waals surface area contributed by atoms with E-state index in [-0.39, 0.29) is 0 Å². The number of benzene rings is 5. The summed E-state index contributed by atoms with van der Waals surface area (Å²) in [7, 11) is 0. The Hall–Kier alpha value is -3.06. The van der Waals surface area contributed by atoms with Gasteiger partial charge in [0.25, 0.3) is 0 Å². The van der Waals surface area contributed by atoms with Gasteiger partial charge in [-0.1, -0.05) is 66.7 Å². The van der Waals surface area contributed by atoms with Crippen LogP contribution in [0.15, 0.2) is 78.9 Å². The molecule has 0 saturated carbocycles. The van der Waals surface area contributed by atoms with E-state index in [1.54, 1.807) is 0 Å². The molecule has 120 valence electrons. The Bertz CT molecular complexity index is 1170. The number of aryl methyl sites for hydroxylation is 1. The van der Waals surface area contributed by atoms with Crippen molar-refractivity contribution in [3.05, 3.63) is 90.0 Å². The molecule has 1 heteroatoms. The number of hydrogen-bond donors (Lipinski definition) is 0. The van der Waals surface area contributed by atoms with Crippen LogP contribution in [0.5, 0.6) is 5.75 Å². The van der Waals surface area contributed by atoms with Crippen LogP contribution >= 0.6 is 0 Å². The second-order valence-electron chi connectivity index (χ2n) is 6.65. The maximum absolute atomic E-state index is 6.28. The fourth-order valence-electron chi connectivity index (χ4n) is 3.85. The number of rotatable bonds is 3. The van der Waals surface area contributed by atoms with Crippen molar-refractivity contribution in [3.63, 3.8) is 0 Å². The molecule has 0 amide bonds. The van der Waals surface area contributed by atoms with E-state index in [9.17, 15) is 0 Å². The molecule has 5 rings (SSSR count). The normalized spacial score (nSPS) is 11.6. The number of ether oxygens (including phenoxy) is 1. The van der Waals surface area contributed by atoms with Crippen LogP contribution in [-0.2, 0) is 6.61 Å². The van der Waals surface area contributed by atoms with Crippen LogP contribution in [0.25, 0.3) is 32.3 Å². The first-order valence-electron chi connectivity index (χ1n) is 8.65. The van der Waals surface area contributed by atoms with Gasteiger partial charge >= 0.3 is 0 Å². The predicted octanol–water partition coefficient (Wildman–Crippen LogP) is 6.47. The zero-order valence-corrected chi connectivity index (χ0v) is 14.1. The molecule has 0 heterocycles. The van der Waals surface area contributed by atoms with Gasteiger partial charge in [0, 0.05) is 10.8 Å². The van der Waals surface area contributed by atoms with Crippen molar-refractivity contribution in [1.82, 2.24) is 0 Å². The van der Waals surface area contributed by atoms with Crippen LogP contribution in [0.4, 0.5) is 0 Å². The summed E-state index contributed by atoms with van der Waals surface area (Å²) in [4.78, 5) is 0. The first-order chi connectivity index (χ1) is 12.3. The van der Waals surface area contributed by atoms with E-state index in [0.29, 0.717) is 6.61 Å². The number of hydrogen-bond acceptors (Lipinski definition) is 1. The first-order valence-corrected chi connectivity index (χ1v) is 8.65. The molecule has 0 aliphatic rings. The fourth-order valence-corrected chi connectivity index (χ4v) is 3.85. The Balaban J connectivity index is 1.74. The summed E-state index contributed by atoms with van der Waals surface area (Å²) in [5, 5.41) is 7.70. The Morgan fingerprint density at radius 1 is 0.680 bits per heavy atom. The molecule has 0 radical (unpaired) electrons. The third kappa shape index (κ3) is 2.24. The van der Waals surface area contributed by atoms with Gasteiger partial charge in [0.1, 0.15) is 12.4 Å². The summed E-state index contributed by atoms with van der Waals surface area (Å²) in [5.41, 5.74) is 2.37. The Kier molecular flexibility index (Phi) is 3.14. The lowest BCUT2D eigenvalue weighted by Gasteiger charge is -2.17. The highest BCUT2D eigenvalue weighted by Crippen LogP contribution is 2.40. The van der Waals surface area contributed by atoms with Gasteiger partial charge in [0.05, 0.1) is 0 Å². The molecule has 0 fully saturated rings. The lowest BCUT2D eigenvalue weighted by Crippen LogP contribution is -1.98. The van der Waals surface area contributed by atoms with Crippen LogP contribution in [0, 0.1) is 6.92 Å². The van der Waals surface area contributed by atoms with Crippen molar-refractivity contribution in [2.75, 3.05) is 0 Å².